The zero-order valence-corrected chi connectivity index (χ0v) is 24.1. The Kier molecular flexibility index (Phi) is 6.82. The van der Waals surface area contributed by atoms with Crippen LogP contribution in [0.2, 0.25) is 0 Å². The fourth-order valence-corrected chi connectivity index (χ4v) is 8.26. The Morgan fingerprint density at radius 2 is 1.61 bits per heavy atom. The molecule has 41 heavy (non-hydrogen) atoms. The van der Waals surface area contributed by atoms with Gasteiger partial charge in [-0.2, -0.15) is 0 Å². The molecule has 3 fully saturated rings. The smallest absolute Gasteiger partial charge is 0.253 e. The van der Waals surface area contributed by atoms with Crippen LogP contribution in [0.25, 0.3) is 11.0 Å². The molecule has 3 aromatic carbocycles. The highest BCUT2D eigenvalue weighted by molar-refractivity contribution is 5.95. The molecule has 0 spiro atoms. The van der Waals surface area contributed by atoms with E-state index in [-0.39, 0.29) is 11.3 Å². The van der Waals surface area contributed by atoms with Gasteiger partial charge in [-0.1, -0.05) is 48.5 Å². The molecule has 0 unspecified atom stereocenters. The van der Waals surface area contributed by atoms with Crippen LogP contribution >= 0.6 is 0 Å². The number of carbonyl (C=O) groups is 1. The number of amides is 1. The largest absolute Gasteiger partial charge is 0.399 e. The number of imidazole rings is 1. The summed E-state index contributed by atoms with van der Waals surface area (Å²) in [6.07, 6.45) is 8.15. The third kappa shape index (κ3) is 4.82. The van der Waals surface area contributed by atoms with Gasteiger partial charge in [0, 0.05) is 42.5 Å². The lowest BCUT2D eigenvalue weighted by molar-refractivity contribution is 0.0607. The van der Waals surface area contributed by atoms with Crippen molar-refractivity contribution in [1.29, 1.82) is 0 Å². The number of piperidine rings is 2. The van der Waals surface area contributed by atoms with E-state index in [9.17, 15) is 4.79 Å². The number of anilines is 1. The molecule has 3 atom stereocenters. The highest BCUT2D eigenvalue weighted by atomic mass is 16.2. The van der Waals surface area contributed by atoms with Gasteiger partial charge in [0.15, 0.2) is 0 Å². The summed E-state index contributed by atoms with van der Waals surface area (Å²) in [6.45, 7) is 4.86. The van der Waals surface area contributed by atoms with E-state index >= 15 is 0 Å². The highest BCUT2D eigenvalue weighted by Gasteiger charge is 2.44. The number of hydrogen-bond acceptors (Lipinski definition) is 4. The molecule has 3 aliphatic heterocycles. The normalized spacial score (nSPS) is 24.1. The van der Waals surface area contributed by atoms with Crippen molar-refractivity contribution in [1.82, 2.24) is 19.4 Å². The molecule has 7 rings (SSSR count). The van der Waals surface area contributed by atoms with Gasteiger partial charge in [-0.25, -0.2) is 4.98 Å². The molecule has 3 aliphatic rings. The van der Waals surface area contributed by atoms with E-state index in [0.717, 1.165) is 50.2 Å². The third-order valence-corrected chi connectivity index (χ3v) is 10.4. The summed E-state index contributed by atoms with van der Waals surface area (Å²) in [5.74, 6) is 1.24. The van der Waals surface area contributed by atoms with Crippen LogP contribution in [0.1, 0.15) is 72.7 Å². The fourth-order valence-electron chi connectivity index (χ4n) is 8.26. The molecule has 4 heterocycles. The monoisotopic (exact) mass is 547 g/mol. The van der Waals surface area contributed by atoms with Gasteiger partial charge >= 0.3 is 0 Å². The maximum atomic E-state index is 13.3. The summed E-state index contributed by atoms with van der Waals surface area (Å²) >= 11 is 0. The lowest BCUT2D eigenvalue weighted by Gasteiger charge is -2.45. The first kappa shape index (κ1) is 26.3. The van der Waals surface area contributed by atoms with Crippen LogP contribution in [0.5, 0.6) is 0 Å². The lowest BCUT2D eigenvalue weighted by atomic mass is 9.70. The Hall–Kier alpha value is -3.64. The Morgan fingerprint density at radius 3 is 2.34 bits per heavy atom. The van der Waals surface area contributed by atoms with E-state index < -0.39 is 0 Å². The van der Waals surface area contributed by atoms with E-state index in [2.05, 4.69) is 71.0 Å². The van der Waals surface area contributed by atoms with Gasteiger partial charge in [0.05, 0.1) is 11.0 Å². The average Bonchev–Trinajstić information content (AvgIpc) is 3.46. The molecular formula is C35H41N5O. The summed E-state index contributed by atoms with van der Waals surface area (Å²) in [5, 5.41) is 0. The van der Waals surface area contributed by atoms with Crippen LogP contribution in [0.4, 0.5) is 5.69 Å². The Balaban J connectivity index is 1.06. The van der Waals surface area contributed by atoms with Crippen molar-refractivity contribution in [3.05, 3.63) is 95.8 Å². The van der Waals surface area contributed by atoms with Gasteiger partial charge in [-0.05, 0) is 99.7 Å². The van der Waals surface area contributed by atoms with Gasteiger partial charge in [0.25, 0.3) is 5.91 Å². The molecule has 6 nitrogen and oxygen atoms in total. The van der Waals surface area contributed by atoms with Crippen LogP contribution in [0.15, 0.2) is 78.9 Å². The standard InChI is InChI=1S/C35H41N5O/c1-25-37-32-12-5-6-13-33(32)40(25)31-23-29-14-15-30(24-31)39(29)21-18-35(27-9-3-2-4-10-27)16-19-38(20-17-35)34(41)26-8-7-11-28(36)22-26/h2-13,22,29-31H,14-21,23-24,36H2,1H3/t29-,30+,31+. The topological polar surface area (TPSA) is 67.4 Å². The SMILES string of the molecule is Cc1nc2ccccc2n1[C@H]1C[C@H]2CC[C@@H](C1)N2CCC1(c2ccccc2)CCN(C(=O)c2cccc(N)c2)CC1. The Morgan fingerprint density at radius 1 is 0.902 bits per heavy atom. The van der Waals surface area contributed by atoms with Crippen LogP contribution in [0.3, 0.4) is 0 Å². The number of carbonyl (C=O) groups excluding carboxylic acids is 1. The lowest BCUT2D eigenvalue weighted by Crippen LogP contribution is -2.49. The van der Waals surface area contributed by atoms with Crippen molar-refractivity contribution in [2.45, 2.75) is 75.4 Å². The minimum atomic E-state index is 0.0984. The summed E-state index contributed by atoms with van der Waals surface area (Å²) < 4.78 is 2.52. The number of aromatic nitrogens is 2. The van der Waals surface area contributed by atoms with E-state index in [4.69, 9.17) is 10.7 Å². The number of benzene rings is 3. The summed E-state index contributed by atoms with van der Waals surface area (Å²) in [6, 6.07) is 28.9. The first-order chi connectivity index (χ1) is 20.0. The Labute approximate surface area is 243 Å². The van der Waals surface area contributed by atoms with Gasteiger partial charge in [0.2, 0.25) is 0 Å². The van der Waals surface area contributed by atoms with E-state index in [1.54, 1.807) is 6.07 Å². The van der Waals surface area contributed by atoms with Crippen LogP contribution in [0, 0.1) is 6.92 Å². The number of para-hydroxylation sites is 2. The molecule has 0 saturated carbocycles. The molecular weight excluding hydrogens is 506 g/mol. The van der Waals surface area contributed by atoms with E-state index in [1.807, 2.05) is 23.1 Å². The number of nitrogens with two attached hydrogens (primary N) is 1. The quantitative estimate of drug-likeness (QED) is 0.285. The van der Waals surface area contributed by atoms with Crippen molar-refractivity contribution in [2.75, 3.05) is 25.4 Å². The summed E-state index contributed by atoms with van der Waals surface area (Å²) in [7, 11) is 0. The molecule has 1 amide bonds. The third-order valence-electron chi connectivity index (χ3n) is 10.4. The second kappa shape index (κ2) is 10.6. The molecule has 1 aromatic heterocycles. The second-order valence-electron chi connectivity index (χ2n) is 12.6. The molecule has 3 saturated heterocycles. The summed E-state index contributed by atoms with van der Waals surface area (Å²) in [5.41, 5.74) is 11.2. The first-order valence-electron chi connectivity index (χ1n) is 15.4. The van der Waals surface area contributed by atoms with E-state index in [1.165, 1.54) is 36.8 Å². The van der Waals surface area contributed by atoms with Crippen molar-refractivity contribution < 1.29 is 4.79 Å². The molecule has 2 N–H and O–H groups in total. The molecule has 6 heteroatoms. The molecule has 212 valence electrons. The summed E-state index contributed by atoms with van der Waals surface area (Å²) in [4.78, 5) is 23.0. The minimum absolute atomic E-state index is 0.0984. The van der Waals surface area contributed by atoms with Gasteiger partial charge in [0.1, 0.15) is 5.82 Å². The molecule has 0 radical (unpaired) electrons. The van der Waals surface area contributed by atoms with E-state index in [0.29, 0.717) is 29.4 Å². The number of likely N-dealkylation sites (tertiary alicyclic amines) is 1. The van der Waals surface area contributed by atoms with Gasteiger partial charge in [-0.15, -0.1) is 0 Å². The molecule has 4 aromatic rings. The highest BCUT2D eigenvalue weighted by Crippen LogP contribution is 2.45. The molecule has 2 bridgehead atoms. The van der Waals surface area contributed by atoms with Crippen molar-refractivity contribution in [3.63, 3.8) is 0 Å². The first-order valence-corrected chi connectivity index (χ1v) is 15.4. The van der Waals surface area contributed by atoms with Crippen molar-refractivity contribution >= 4 is 22.6 Å². The number of nitrogens with zero attached hydrogens (tertiary/aromatic N) is 4. The van der Waals surface area contributed by atoms with Gasteiger partial charge in [-0.3, -0.25) is 9.69 Å². The van der Waals surface area contributed by atoms with Crippen LogP contribution in [-0.2, 0) is 5.41 Å². The zero-order chi connectivity index (χ0) is 28.0. The predicted octanol–water partition coefficient (Wildman–Crippen LogP) is 6.36. The number of fused-ring (bicyclic) bond motifs is 3. The molecule has 0 aliphatic carbocycles. The fraction of sp³-hybridized carbons (Fsp3) is 0.429. The second-order valence-corrected chi connectivity index (χ2v) is 12.6. The number of nitrogen functional groups attached to an aromatic ring is 1. The predicted molar refractivity (Wildman–Crippen MR) is 165 cm³/mol. The average molecular weight is 548 g/mol. The Bertz CT molecular complexity index is 1520. The number of hydrogen-bond donors (Lipinski definition) is 1. The van der Waals surface area contributed by atoms with Crippen molar-refractivity contribution in [2.24, 2.45) is 0 Å². The van der Waals surface area contributed by atoms with Crippen LogP contribution in [-0.4, -0.2) is 57.0 Å². The van der Waals surface area contributed by atoms with Gasteiger partial charge < -0.3 is 15.2 Å². The maximum absolute atomic E-state index is 13.3. The van der Waals surface area contributed by atoms with Crippen LogP contribution < -0.4 is 5.73 Å². The number of rotatable bonds is 6. The maximum Gasteiger partial charge on any atom is 0.253 e. The minimum Gasteiger partial charge on any atom is -0.399 e. The zero-order valence-electron chi connectivity index (χ0n) is 24.1. The van der Waals surface area contributed by atoms with Crippen molar-refractivity contribution in [3.8, 4) is 0 Å². The number of aryl methyl sites for hydroxylation is 1.